The molecular formula is C14H11BrF3NO. The van der Waals surface area contributed by atoms with Crippen LogP contribution in [0, 0.1) is 0 Å². The molecule has 1 heterocycles. The van der Waals surface area contributed by atoms with Crippen molar-refractivity contribution in [1.29, 1.82) is 0 Å². The highest BCUT2D eigenvalue weighted by Gasteiger charge is 2.38. The molecule has 0 aromatic heterocycles. The maximum atomic E-state index is 13.0. The lowest BCUT2D eigenvalue weighted by atomic mass is 10.1. The number of hydrogen-bond donors (Lipinski definition) is 0. The summed E-state index contributed by atoms with van der Waals surface area (Å²) in [5, 5.41) is 0. The number of likely N-dealkylation sites (N-methyl/N-ethyl adjacent to an activating group) is 1. The van der Waals surface area contributed by atoms with E-state index >= 15 is 0 Å². The van der Waals surface area contributed by atoms with Crippen molar-refractivity contribution in [1.82, 2.24) is 4.90 Å². The van der Waals surface area contributed by atoms with Crippen LogP contribution in [0.3, 0.4) is 0 Å². The highest BCUT2D eigenvalue weighted by atomic mass is 79.9. The SMILES string of the molecule is C=C1C(Oc2cccc(Br)c2)=C(C(F)(F)F)C=CN1C. The first kappa shape index (κ1) is 14.7. The lowest BCUT2D eigenvalue weighted by Gasteiger charge is -2.27. The molecule has 0 amide bonds. The molecule has 106 valence electrons. The summed E-state index contributed by atoms with van der Waals surface area (Å²) in [6.45, 7) is 3.64. The van der Waals surface area contributed by atoms with Gasteiger partial charge in [0.1, 0.15) is 11.3 Å². The van der Waals surface area contributed by atoms with Gasteiger partial charge in [-0.2, -0.15) is 13.2 Å². The van der Waals surface area contributed by atoms with Gasteiger partial charge in [0.05, 0.1) is 5.70 Å². The number of alkyl halides is 3. The van der Waals surface area contributed by atoms with E-state index in [1.165, 1.54) is 11.1 Å². The second kappa shape index (κ2) is 5.36. The van der Waals surface area contributed by atoms with Gasteiger partial charge >= 0.3 is 6.18 Å². The van der Waals surface area contributed by atoms with E-state index in [-0.39, 0.29) is 11.5 Å². The van der Waals surface area contributed by atoms with Gasteiger partial charge in [0.25, 0.3) is 0 Å². The van der Waals surface area contributed by atoms with Gasteiger partial charge in [0.15, 0.2) is 5.76 Å². The molecule has 0 radical (unpaired) electrons. The maximum absolute atomic E-state index is 13.0. The smallest absolute Gasteiger partial charge is 0.420 e. The summed E-state index contributed by atoms with van der Waals surface area (Å²) in [6, 6.07) is 6.61. The lowest BCUT2D eigenvalue weighted by molar-refractivity contribution is -0.0908. The van der Waals surface area contributed by atoms with E-state index in [0.29, 0.717) is 5.75 Å². The van der Waals surface area contributed by atoms with Crippen LogP contribution in [0.15, 0.2) is 64.6 Å². The molecule has 0 fully saturated rings. The summed E-state index contributed by atoms with van der Waals surface area (Å²) >= 11 is 3.24. The van der Waals surface area contributed by atoms with E-state index in [1.807, 2.05) is 0 Å². The van der Waals surface area contributed by atoms with Crippen molar-refractivity contribution in [3.05, 3.63) is 64.6 Å². The third-order valence-electron chi connectivity index (χ3n) is 2.72. The summed E-state index contributed by atoms with van der Waals surface area (Å²) in [7, 11) is 1.61. The zero-order chi connectivity index (χ0) is 14.9. The van der Waals surface area contributed by atoms with Gasteiger partial charge in [-0.1, -0.05) is 28.6 Å². The number of allylic oxidation sites excluding steroid dienone is 2. The van der Waals surface area contributed by atoms with Crippen LogP contribution in [0.25, 0.3) is 0 Å². The highest BCUT2D eigenvalue weighted by molar-refractivity contribution is 9.10. The van der Waals surface area contributed by atoms with E-state index in [1.54, 1.807) is 31.3 Å². The van der Waals surface area contributed by atoms with Crippen molar-refractivity contribution >= 4 is 15.9 Å². The molecular weight excluding hydrogens is 335 g/mol. The number of nitrogens with zero attached hydrogens (tertiary/aromatic N) is 1. The van der Waals surface area contributed by atoms with Gasteiger partial charge in [0.2, 0.25) is 0 Å². The second-order valence-corrected chi connectivity index (χ2v) is 5.09. The molecule has 0 bridgehead atoms. The Hall–Kier alpha value is -1.69. The first-order valence-corrected chi connectivity index (χ1v) is 6.43. The molecule has 1 aromatic rings. The van der Waals surface area contributed by atoms with Crippen molar-refractivity contribution in [2.24, 2.45) is 0 Å². The molecule has 0 atom stereocenters. The van der Waals surface area contributed by atoms with Crippen LogP contribution >= 0.6 is 15.9 Å². The average Bonchev–Trinajstić information content (AvgIpc) is 2.33. The number of benzene rings is 1. The summed E-state index contributed by atoms with van der Waals surface area (Å²) in [5.74, 6) is 0.0153. The van der Waals surface area contributed by atoms with Gasteiger partial charge in [-0.3, -0.25) is 0 Å². The summed E-state index contributed by atoms with van der Waals surface area (Å²) in [6.07, 6.45) is -2.22. The molecule has 2 rings (SSSR count). The molecule has 0 saturated heterocycles. The molecule has 0 N–H and O–H groups in total. The van der Waals surface area contributed by atoms with Gasteiger partial charge in [-0.25, -0.2) is 0 Å². The molecule has 1 aromatic carbocycles. The fourth-order valence-corrected chi connectivity index (χ4v) is 2.03. The number of rotatable bonds is 2. The monoisotopic (exact) mass is 345 g/mol. The predicted octanol–water partition coefficient (Wildman–Crippen LogP) is 4.62. The van der Waals surface area contributed by atoms with Crippen molar-refractivity contribution < 1.29 is 17.9 Å². The molecule has 1 aliphatic rings. The minimum absolute atomic E-state index is 0.153. The van der Waals surface area contributed by atoms with Crippen LogP contribution in [-0.4, -0.2) is 18.1 Å². The second-order valence-electron chi connectivity index (χ2n) is 4.17. The maximum Gasteiger partial charge on any atom is 0.420 e. The Morgan fingerprint density at radius 3 is 2.60 bits per heavy atom. The van der Waals surface area contributed by atoms with Gasteiger partial charge in [0, 0.05) is 17.7 Å². The van der Waals surface area contributed by atoms with E-state index in [0.717, 1.165) is 10.5 Å². The zero-order valence-electron chi connectivity index (χ0n) is 10.5. The van der Waals surface area contributed by atoms with Gasteiger partial charge < -0.3 is 9.64 Å². The van der Waals surface area contributed by atoms with E-state index in [9.17, 15) is 13.2 Å². The Morgan fingerprint density at radius 1 is 1.30 bits per heavy atom. The molecule has 0 aliphatic carbocycles. The molecule has 0 spiro atoms. The van der Waals surface area contributed by atoms with Crippen molar-refractivity contribution in [3.8, 4) is 5.75 Å². The lowest BCUT2D eigenvalue weighted by Crippen LogP contribution is -2.25. The zero-order valence-corrected chi connectivity index (χ0v) is 12.1. The van der Waals surface area contributed by atoms with Crippen LogP contribution in [0.5, 0.6) is 5.75 Å². The fraction of sp³-hybridized carbons (Fsp3) is 0.143. The summed E-state index contributed by atoms with van der Waals surface area (Å²) in [4.78, 5) is 1.47. The Bertz CT molecular complexity index is 605. The Labute approximate surface area is 123 Å². The number of ether oxygens (including phenoxy) is 1. The quantitative estimate of drug-likeness (QED) is 0.775. The van der Waals surface area contributed by atoms with Crippen LogP contribution in [-0.2, 0) is 0 Å². The third-order valence-corrected chi connectivity index (χ3v) is 3.21. The standard InChI is InChI=1S/C14H11BrF3NO/c1-9-13(20-11-5-3-4-10(15)8-11)12(14(16,17)18)6-7-19(9)2/h3-8H,1H2,2H3. The molecule has 2 nitrogen and oxygen atoms in total. The molecule has 0 saturated carbocycles. The minimum Gasteiger partial charge on any atom is -0.455 e. The van der Waals surface area contributed by atoms with Crippen LogP contribution in [0.4, 0.5) is 13.2 Å². The predicted molar refractivity (Wildman–Crippen MR) is 73.9 cm³/mol. The number of halogens is 4. The van der Waals surface area contributed by atoms with Crippen molar-refractivity contribution in [2.45, 2.75) is 6.18 Å². The summed E-state index contributed by atoms with van der Waals surface area (Å²) < 4.78 is 45.2. The van der Waals surface area contributed by atoms with Gasteiger partial charge in [-0.05, 0) is 24.3 Å². The molecule has 6 heteroatoms. The first-order chi connectivity index (χ1) is 9.29. The third kappa shape index (κ3) is 3.07. The molecule has 0 unspecified atom stereocenters. The minimum atomic E-state index is -4.50. The Morgan fingerprint density at radius 2 is 2.00 bits per heavy atom. The van der Waals surface area contributed by atoms with Crippen molar-refractivity contribution in [3.63, 3.8) is 0 Å². The topological polar surface area (TPSA) is 12.5 Å². The van der Waals surface area contributed by atoms with Crippen molar-refractivity contribution in [2.75, 3.05) is 7.05 Å². The highest BCUT2D eigenvalue weighted by Crippen LogP contribution is 2.36. The van der Waals surface area contributed by atoms with Crippen LogP contribution < -0.4 is 4.74 Å². The first-order valence-electron chi connectivity index (χ1n) is 5.64. The molecule has 20 heavy (non-hydrogen) atoms. The largest absolute Gasteiger partial charge is 0.455 e. The summed E-state index contributed by atoms with van der Waals surface area (Å²) in [5.41, 5.74) is -0.694. The Kier molecular flexibility index (Phi) is 3.94. The Balaban J connectivity index is 2.44. The average molecular weight is 346 g/mol. The fourth-order valence-electron chi connectivity index (χ4n) is 1.65. The normalized spacial score (nSPS) is 15.8. The van der Waals surface area contributed by atoms with E-state index in [2.05, 4.69) is 22.5 Å². The van der Waals surface area contributed by atoms with E-state index < -0.39 is 11.7 Å². The van der Waals surface area contributed by atoms with E-state index in [4.69, 9.17) is 4.74 Å². The van der Waals surface area contributed by atoms with Crippen LogP contribution in [0.2, 0.25) is 0 Å². The molecule has 1 aliphatic heterocycles. The van der Waals surface area contributed by atoms with Gasteiger partial charge in [-0.15, -0.1) is 0 Å². The number of hydrogen-bond acceptors (Lipinski definition) is 2. The van der Waals surface area contributed by atoms with Crippen LogP contribution in [0.1, 0.15) is 0 Å².